The van der Waals surface area contributed by atoms with Crippen LogP contribution in [0, 0.1) is 0 Å². The molecule has 0 spiro atoms. The second-order valence-electron chi connectivity index (χ2n) is 5.61. The van der Waals surface area contributed by atoms with E-state index in [9.17, 15) is 13.2 Å². The predicted octanol–water partition coefficient (Wildman–Crippen LogP) is 2.06. The van der Waals surface area contributed by atoms with Crippen molar-refractivity contribution >= 4 is 33.4 Å². The van der Waals surface area contributed by atoms with E-state index >= 15 is 0 Å². The molecule has 1 fully saturated rings. The van der Waals surface area contributed by atoms with Gasteiger partial charge >= 0.3 is 0 Å². The molecule has 2 rings (SSSR count). The number of halogens is 1. The zero-order valence-corrected chi connectivity index (χ0v) is 14.0. The van der Waals surface area contributed by atoms with Gasteiger partial charge in [-0.3, -0.25) is 4.79 Å². The van der Waals surface area contributed by atoms with Gasteiger partial charge in [-0.1, -0.05) is 11.6 Å². The first-order chi connectivity index (χ1) is 10.2. The lowest BCUT2D eigenvalue weighted by atomic mass is 10.0. The first-order valence-electron chi connectivity index (χ1n) is 6.77. The molecule has 0 aromatic heterocycles. The number of rotatable bonds is 4. The molecule has 0 bridgehead atoms. The van der Waals surface area contributed by atoms with E-state index < -0.39 is 15.4 Å². The standard InChI is InChI=1S/C15H18ClNO4S/c1-15(7-8-22(19,20)10-15)17-14(18)6-3-11-9-12(16)4-5-13(11)21-2/h3-6,9H,7-8,10H2,1-2H3,(H,17,18)/b6-3+. The fraction of sp³-hybridized carbons (Fsp3) is 0.400. The third-order valence-electron chi connectivity index (χ3n) is 3.53. The van der Waals surface area contributed by atoms with Gasteiger partial charge in [-0.25, -0.2) is 8.42 Å². The van der Waals surface area contributed by atoms with Crippen molar-refractivity contribution in [2.45, 2.75) is 18.9 Å². The van der Waals surface area contributed by atoms with Crippen molar-refractivity contribution < 1.29 is 17.9 Å². The van der Waals surface area contributed by atoms with E-state index in [1.165, 1.54) is 13.2 Å². The topological polar surface area (TPSA) is 72.5 Å². The van der Waals surface area contributed by atoms with E-state index in [0.717, 1.165) is 0 Å². The van der Waals surface area contributed by atoms with Gasteiger partial charge in [0.05, 0.1) is 24.2 Å². The highest BCUT2D eigenvalue weighted by Gasteiger charge is 2.39. The van der Waals surface area contributed by atoms with Gasteiger partial charge in [0.1, 0.15) is 5.75 Å². The molecule has 120 valence electrons. The Kier molecular flexibility index (Phi) is 4.82. The van der Waals surface area contributed by atoms with E-state index in [4.69, 9.17) is 16.3 Å². The van der Waals surface area contributed by atoms with Crippen LogP contribution in [-0.2, 0) is 14.6 Å². The number of carbonyl (C=O) groups is 1. The van der Waals surface area contributed by atoms with Crippen LogP contribution in [0.15, 0.2) is 24.3 Å². The molecule has 1 aromatic carbocycles. The van der Waals surface area contributed by atoms with E-state index in [-0.39, 0.29) is 17.4 Å². The van der Waals surface area contributed by atoms with Gasteiger partial charge in [0, 0.05) is 16.7 Å². The van der Waals surface area contributed by atoms with Crippen molar-refractivity contribution in [3.8, 4) is 5.75 Å². The molecule has 1 amide bonds. The Hall–Kier alpha value is -1.53. The van der Waals surface area contributed by atoms with E-state index in [1.54, 1.807) is 31.2 Å². The first-order valence-corrected chi connectivity index (χ1v) is 8.97. The van der Waals surface area contributed by atoms with Crippen molar-refractivity contribution in [2.24, 2.45) is 0 Å². The van der Waals surface area contributed by atoms with Crippen LogP contribution in [0.3, 0.4) is 0 Å². The lowest BCUT2D eigenvalue weighted by Crippen LogP contribution is -2.46. The van der Waals surface area contributed by atoms with Gasteiger partial charge in [-0.05, 0) is 37.6 Å². The lowest BCUT2D eigenvalue weighted by Gasteiger charge is -2.22. The Morgan fingerprint density at radius 2 is 2.18 bits per heavy atom. The number of carbonyl (C=O) groups excluding carboxylic acids is 1. The molecule has 5 nitrogen and oxygen atoms in total. The molecule has 1 atom stereocenters. The molecule has 1 aliphatic rings. The summed E-state index contributed by atoms with van der Waals surface area (Å²) in [5.74, 6) is 0.333. The minimum atomic E-state index is -3.06. The second kappa shape index (κ2) is 6.30. The van der Waals surface area contributed by atoms with Gasteiger partial charge in [-0.2, -0.15) is 0 Å². The smallest absolute Gasteiger partial charge is 0.244 e. The lowest BCUT2D eigenvalue weighted by molar-refractivity contribution is -0.117. The van der Waals surface area contributed by atoms with Crippen molar-refractivity contribution in [1.82, 2.24) is 5.32 Å². The summed E-state index contributed by atoms with van der Waals surface area (Å²) >= 11 is 5.92. The minimum Gasteiger partial charge on any atom is -0.496 e. The number of sulfone groups is 1. The van der Waals surface area contributed by atoms with E-state index in [1.807, 2.05) is 0 Å². The summed E-state index contributed by atoms with van der Waals surface area (Å²) in [6, 6.07) is 5.10. The fourth-order valence-electron chi connectivity index (χ4n) is 2.45. The highest BCUT2D eigenvalue weighted by Crippen LogP contribution is 2.25. The molecule has 22 heavy (non-hydrogen) atoms. The van der Waals surface area contributed by atoms with Crippen molar-refractivity contribution in [3.05, 3.63) is 34.9 Å². The van der Waals surface area contributed by atoms with Crippen molar-refractivity contribution in [2.75, 3.05) is 18.6 Å². The number of ether oxygens (including phenoxy) is 1. The summed E-state index contributed by atoms with van der Waals surface area (Å²) in [4.78, 5) is 12.0. The molecule has 0 aliphatic carbocycles. The third kappa shape index (κ3) is 4.24. The van der Waals surface area contributed by atoms with Crippen LogP contribution in [0.1, 0.15) is 18.9 Å². The molecule has 1 aliphatic heterocycles. The normalized spacial score (nSPS) is 23.6. The van der Waals surface area contributed by atoms with E-state index in [2.05, 4.69) is 5.32 Å². The number of amides is 1. The van der Waals surface area contributed by atoms with Crippen LogP contribution >= 0.6 is 11.6 Å². The highest BCUT2D eigenvalue weighted by molar-refractivity contribution is 7.91. The molecule has 1 N–H and O–H groups in total. The SMILES string of the molecule is COc1ccc(Cl)cc1/C=C/C(=O)NC1(C)CCS(=O)(=O)C1. The maximum Gasteiger partial charge on any atom is 0.244 e. The highest BCUT2D eigenvalue weighted by atomic mass is 35.5. The number of methoxy groups -OCH3 is 1. The Morgan fingerprint density at radius 1 is 1.45 bits per heavy atom. The monoisotopic (exact) mass is 343 g/mol. The summed E-state index contributed by atoms with van der Waals surface area (Å²) in [6.07, 6.45) is 3.37. The van der Waals surface area contributed by atoms with Gasteiger partial charge < -0.3 is 10.1 Å². The predicted molar refractivity (Wildman–Crippen MR) is 86.9 cm³/mol. The third-order valence-corrected chi connectivity index (χ3v) is 5.67. The van der Waals surface area contributed by atoms with Gasteiger partial charge in [-0.15, -0.1) is 0 Å². The maximum atomic E-state index is 12.0. The maximum absolute atomic E-state index is 12.0. The largest absolute Gasteiger partial charge is 0.496 e. The first kappa shape index (κ1) is 16.8. The molecule has 0 saturated carbocycles. The Balaban J connectivity index is 2.08. The van der Waals surface area contributed by atoms with Crippen molar-refractivity contribution in [1.29, 1.82) is 0 Å². The van der Waals surface area contributed by atoms with E-state index in [0.29, 0.717) is 22.8 Å². The van der Waals surface area contributed by atoms with Crippen LogP contribution in [0.25, 0.3) is 6.08 Å². The molecular weight excluding hydrogens is 326 g/mol. The Labute approximate surface area is 135 Å². The number of benzene rings is 1. The molecule has 1 saturated heterocycles. The molecule has 1 unspecified atom stereocenters. The fourth-order valence-corrected chi connectivity index (χ4v) is 4.72. The van der Waals surface area contributed by atoms with Crippen LogP contribution in [-0.4, -0.2) is 38.5 Å². The zero-order chi connectivity index (χ0) is 16.4. The number of nitrogens with one attached hydrogen (secondary N) is 1. The summed E-state index contributed by atoms with van der Waals surface area (Å²) in [5.41, 5.74) is -0.0343. The second-order valence-corrected chi connectivity index (χ2v) is 8.23. The summed E-state index contributed by atoms with van der Waals surface area (Å²) in [5, 5.41) is 3.29. The minimum absolute atomic E-state index is 0.0277. The zero-order valence-electron chi connectivity index (χ0n) is 12.4. The van der Waals surface area contributed by atoms with Crippen LogP contribution in [0.2, 0.25) is 5.02 Å². The molecule has 7 heteroatoms. The van der Waals surface area contributed by atoms with Crippen molar-refractivity contribution in [3.63, 3.8) is 0 Å². The quantitative estimate of drug-likeness (QED) is 0.849. The van der Waals surface area contributed by atoms with Gasteiger partial charge in [0.15, 0.2) is 9.84 Å². The Bertz CT molecular complexity index is 714. The Morgan fingerprint density at radius 3 is 2.77 bits per heavy atom. The van der Waals surface area contributed by atoms with Crippen LogP contribution in [0.5, 0.6) is 5.75 Å². The van der Waals surface area contributed by atoms with Gasteiger partial charge in [0.25, 0.3) is 0 Å². The summed E-state index contributed by atoms with van der Waals surface area (Å²) < 4.78 is 28.2. The molecule has 1 heterocycles. The van der Waals surface area contributed by atoms with Crippen LogP contribution in [0.4, 0.5) is 0 Å². The summed E-state index contributed by atoms with van der Waals surface area (Å²) in [6.45, 7) is 1.74. The summed E-state index contributed by atoms with van der Waals surface area (Å²) in [7, 11) is -1.53. The molecular formula is C15H18ClNO4S. The van der Waals surface area contributed by atoms with Crippen LogP contribution < -0.4 is 10.1 Å². The average molecular weight is 344 g/mol. The number of hydrogen-bond acceptors (Lipinski definition) is 4. The van der Waals surface area contributed by atoms with Gasteiger partial charge in [0.2, 0.25) is 5.91 Å². The molecule has 1 aromatic rings. The molecule has 0 radical (unpaired) electrons. The number of hydrogen-bond donors (Lipinski definition) is 1. The average Bonchev–Trinajstić information content (AvgIpc) is 2.70.